The molecule has 0 bridgehead atoms. The first-order valence-corrected chi connectivity index (χ1v) is 8.11. The number of aliphatic hydroxyl groups excluding tert-OH is 1. The molecule has 0 aliphatic heterocycles. The van der Waals surface area contributed by atoms with Crippen LogP contribution in [0, 0.1) is 0 Å². The van der Waals surface area contributed by atoms with Gasteiger partial charge in [0.25, 0.3) is 0 Å². The number of carbonyl (C=O) groups excluding carboxylic acids is 1. The predicted molar refractivity (Wildman–Crippen MR) is 91.6 cm³/mol. The molecule has 0 amide bonds. The van der Waals surface area contributed by atoms with Crippen LogP contribution < -0.4 is 0 Å². The second-order valence-electron chi connectivity index (χ2n) is 5.97. The van der Waals surface area contributed by atoms with E-state index in [0.29, 0.717) is 18.7 Å². The first-order chi connectivity index (χ1) is 11.0. The molecule has 1 aromatic heterocycles. The Kier molecular flexibility index (Phi) is 5.80. The van der Waals surface area contributed by atoms with Crippen molar-refractivity contribution in [3.8, 4) is 0 Å². The van der Waals surface area contributed by atoms with Gasteiger partial charge in [-0.2, -0.15) is 0 Å². The van der Waals surface area contributed by atoms with Crippen molar-refractivity contribution in [1.29, 1.82) is 0 Å². The number of fused-ring (bicyclic) bond motifs is 1. The van der Waals surface area contributed by atoms with Crippen LogP contribution in [0.4, 0.5) is 0 Å². The fraction of sp³-hybridized carbons (Fsp3) is 0.500. The third-order valence-corrected chi connectivity index (χ3v) is 3.87. The number of aliphatic hydroxyl groups is 1. The van der Waals surface area contributed by atoms with Gasteiger partial charge in [-0.1, -0.05) is 19.4 Å². The summed E-state index contributed by atoms with van der Waals surface area (Å²) in [5.41, 5.74) is 4.29. The summed E-state index contributed by atoms with van der Waals surface area (Å²) < 4.78 is 5.28. The molecule has 5 heteroatoms. The van der Waals surface area contributed by atoms with E-state index in [9.17, 15) is 9.90 Å². The molecular weight excluding hydrogens is 292 g/mol. The van der Waals surface area contributed by atoms with Crippen molar-refractivity contribution in [1.82, 2.24) is 9.88 Å². The number of nitrogens with one attached hydrogen (secondary N) is 1. The van der Waals surface area contributed by atoms with Crippen molar-refractivity contribution in [2.45, 2.75) is 39.8 Å². The van der Waals surface area contributed by atoms with Gasteiger partial charge in [0.05, 0.1) is 18.8 Å². The molecule has 0 aliphatic rings. The van der Waals surface area contributed by atoms with E-state index >= 15 is 0 Å². The van der Waals surface area contributed by atoms with Gasteiger partial charge in [0.1, 0.15) is 0 Å². The third kappa shape index (κ3) is 3.57. The summed E-state index contributed by atoms with van der Waals surface area (Å²) >= 11 is 0. The molecule has 0 saturated heterocycles. The molecular formula is C18H26N2O3. The Morgan fingerprint density at radius 1 is 1.30 bits per heavy atom. The van der Waals surface area contributed by atoms with E-state index in [1.165, 1.54) is 0 Å². The lowest BCUT2D eigenvalue weighted by Crippen LogP contribution is -2.14. The standard InChI is InChI=1S/C18H26N2O3/c1-5-7-14-17(18(22)23-6-2)16-13(10-20(3)4)12(11-21)8-9-15(16)19-14/h8-9,19,21H,5-7,10-11H2,1-4H3. The monoisotopic (exact) mass is 318 g/mol. The molecule has 1 aromatic carbocycles. The molecule has 0 atom stereocenters. The molecule has 23 heavy (non-hydrogen) atoms. The van der Waals surface area contributed by atoms with Gasteiger partial charge in [-0.15, -0.1) is 0 Å². The molecule has 0 unspecified atom stereocenters. The molecule has 2 N–H and O–H groups in total. The minimum Gasteiger partial charge on any atom is -0.462 e. The minimum atomic E-state index is -0.294. The molecule has 5 nitrogen and oxygen atoms in total. The largest absolute Gasteiger partial charge is 0.462 e. The number of H-pyrrole nitrogens is 1. The second kappa shape index (κ2) is 7.62. The summed E-state index contributed by atoms with van der Waals surface area (Å²) in [5, 5.41) is 10.6. The second-order valence-corrected chi connectivity index (χ2v) is 5.97. The highest BCUT2D eigenvalue weighted by Gasteiger charge is 2.23. The van der Waals surface area contributed by atoms with E-state index in [0.717, 1.165) is 40.6 Å². The Morgan fingerprint density at radius 2 is 2.04 bits per heavy atom. The molecule has 0 saturated carbocycles. The van der Waals surface area contributed by atoms with Crippen LogP contribution in [0.25, 0.3) is 10.9 Å². The molecule has 2 aromatic rings. The van der Waals surface area contributed by atoms with Crippen molar-refractivity contribution in [3.63, 3.8) is 0 Å². The lowest BCUT2D eigenvalue weighted by Gasteiger charge is -2.15. The maximum atomic E-state index is 12.5. The number of nitrogens with zero attached hydrogens (tertiary/aromatic N) is 1. The van der Waals surface area contributed by atoms with E-state index in [-0.39, 0.29) is 12.6 Å². The molecule has 1 heterocycles. The van der Waals surface area contributed by atoms with Gasteiger partial charge < -0.3 is 19.7 Å². The Morgan fingerprint density at radius 3 is 2.61 bits per heavy atom. The topological polar surface area (TPSA) is 65.6 Å². The maximum absolute atomic E-state index is 12.5. The molecule has 0 aliphatic carbocycles. The normalized spacial score (nSPS) is 11.4. The van der Waals surface area contributed by atoms with Crippen LogP contribution in [-0.4, -0.2) is 41.7 Å². The van der Waals surface area contributed by atoms with E-state index < -0.39 is 0 Å². The average Bonchev–Trinajstić information content (AvgIpc) is 2.86. The first kappa shape index (κ1) is 17.5. The number of hydrogen-bond acceptors (Lipinski definition) is 4. The highest BCUT2D eigenvalue weighted by atomic mass is 16.5. The van der Waals surface area contributed by atoms with Gasteiger partial charge in [0.2, 0.25) is 0 Å². The first-order valence-electron chi connectivity index (χ1n) is 8.11. The number of rotatable bonds is 7. The van der Waals surface area contributed by atoms with Crippen LogP contribution >= 0.6 is 0 Å². The Labute approximate surface area is 137 Å². The van der Waals surface area contributed by atoms with E-state index in [2.05, 4.69) is 11.9 Å². The van der Waals surface area contributed by atoms with Gasteiger partial charge in [-0.05, 0) is 44.6 Å². The predicted octanol–water partition coefficient (Wildman–Crippen LogP) is 2.85. The number of hydrogen-bond donors (Lipinski definition) is 2. The quantitative estimate of drug-likeness (QED) is 0.771. The molecule has 0 spiro atoms. The highest BCUT2D eigenvalue weighted by molar-refractivity contribution is 6.07. The van der Waals surface area contributed by atoms with Crippen molar-refractivity contribution >= 4 is 16.9 Å². The number of esters is 1. The fourth-order valence-corrected chi connectivity index (χ4v) is 2.97. The summed E-state index contributed by atoms with van der Waals surface area (Å²) in [6.45, 7) is 4.85. The van der Waals surface area contributed by atoms with E-state index in [1.807, 2.05) is 38.1 Å². The summed E-state index contributed by atoms with van der Waals surface area (Å²) in [4.78, 5) is 17.9. The number of aromatic nitrogens is 1. The van der Waals surface area contributed by atoms with Gasteiger partial charge in [-0.25, -0.2) is 4.79 Å². The zero-order valence-electron chi connectivity index (χ0n) is 14.4. The number of ether oxygens (including phenoxy) is 1. The van der Waals surface area contributed by atoms with Crippen molar-refractivity contribution in [2.24, 2.45) is 0 Å². The summed E-state index contributed by atoms with van der Waals surface area (Å²) in [7, 11) is 3.95. The maximum Gasteiger partial charge on any atom is 0.340 e. The van der Waals surface area contributed by atoms with Crippen molar-refractivity contribution in [2.75, 3.05) is 20.7 Å². The van der Waals surface area contributed by atoms with Crippen LogP contribution in [0.1, 0.15) is 47.4 Å². The molecule has 126 valence electrons. The summed E-state index contributed by atoms with van der Waals surface area (Å²) in [5.74, 6) is -0.294. The van der Waals surface area contributed by atoms with Crippen molar-refractivity contribution < 1.29 is 14.6 Å². The van der Waals surface area contributed by atoms with Crippen LogP contribution in [0.15, 0.2) is 12.1 Å². The Hall–Kier alpha value is -1.85. The number of aromatic amines is 1. The summed E-state index contributed by atoms with van der Waals surface area (Å²) in [6.07, 6.45) is 1.73. The van der Waals surface area contributed by atoms with Gasteiger partial charge in [0, 0.05) is 23.1 Å². The third-order valence-electron chi connectivity index (χ3n) is 3.87. The average molecular weight is 318 g/mol. The Bertz CT molecular complexity index is 689. The number of benzene rings is 1. The molecule has 2 rings (SSSR count). The highest BCUT2D eigenvalue weighted by Crippen LogP contribution is 2.31. The van der Waals surface area contributed by atoms with Gasteiger partial charge in [-0.3, -0.25) is 0 Å². The summed E-state index contributed by atoms with van der Waals surface area (Å²) in [6, 6.07) is 3.85. The van der Waals surface area contributed by atoms with Gasteiger partial charge >= 0.3 is 5.97 Å². The zero-order chi connectivity index (χ0) is 17.0. The zero-order valence-corrected chi connectivity index (χ0v) is 14.4. The SMILES string of the molecule is CCCc1[nH]c2ccc(CO)c(CN(C)C)c2c1C(=O)OCC. The Balaban J connectivity index is 2.75. The van der Waals surface area contributed by atoms with Crippen LogP contribution in [0.2, 0.25) is 0 Å². The lowest BCUT2D eigenvalue weighted by molar-refractivity contribution is 0.0527. The van der Waals surface area contributed by atoms with Crippen LogP contribution in [0.5, 0.6) is 0 Å². The smallest absolute Gasteiger partial charge is 0.340 e. The van der Waals surface area contributed by atoms with Gasteiger partial charge in [0.15, 0.2) is 0 Å². The molecule has 0 fully saturated rings. The van der Waals surface area contributed by atoms with Crippen LogP contribution in [0.3, 0.4) is 0 Å². The van der Waals surface area contributed by atoms with E-state index in [4.69, 9.17) is 4.74 Å². The lowest BCUT2D eigenvalue weighted by atomic mass is 9.98. The van der Waals surface area contributed by atoms with Crippen LogP contribution in [-0.2, 0) is 24.3 Å². The minimum absolute atomic E-state index is 0.0460. The van der Waals surface area contributed by atoms with E-state index in [1.54, 1.807) is 0 Å². The molecule has 0 radical (unpaired) electrons. The van der Waals surface area contributed by atoms with Crippen molar-refractivity contribution in [3.05, 3.63) is 34.5 Å². The number of aryl methyl sites for hydroxylation is 1. The number of carbonyl (C=O) groups is 1. The fourth-order valence-electron chi connectivity index (χ4n) is 2.97.